The minimum absolute atomic E-state index is 0.598. The SMILES string of the molecule is c1ccc(CCC[C@@H]2[C@@H]3CCC[C@@]23N2CCOCC2)cc1. The molecular formula is C19H27NO. The summed E-state index contributed by atoms with van der Waals surface area (Å²) >= 11 is 0. The summed E-state index contributed by atoms with van der Waals surface area (Å²) in [5.41, 5.74) is 2.10. The molecular weight excluding hydrogens is 258 g/mol. The smallest absolute Gasteiger partial charge is 0.0594 e. The first kappa shape index (κ1) is 13.8. The predicted molar refractivity (Wildman–Crippen MR) is 85.3 cm³/mol. The van der Waals surface area contributed by atoms with Gasteiger partial charge in [-0.05, 0) is 49.5 Å². The highest BCUT2D eigenvalue weighted by Crippen LogP contribution is 2.66. The molecule has 0 unspecified atom stereocenters. The van der Waals surface area contributed by atoms with E-state index < -0.39 is 0 Å². The largest absolute Gasteiger partial charge is 0.379 e. The summed E-state index contributed by atoms with van der Waals surface area (Å²) in [6, 6.07) is 11.0. The Hall–Kier alpha value is -0.860. The van der Waals surface area contributed by atoms with E-state index in [2.05, 4.69) is 35.2 Å². The number of morpholine rings is 1. The lowest BCUT2D eigenvalue weighted by atomic mass is 9.99. The van der Waals surface area contributed by atoms with E-state index >= 15 is 0 Å². The second kappa shape index (κ2) is 5.73. The van der Waals surface area contributed by atoms with Crippen molar-refractivity contribution >= 4 is 0 Å². The molecule has 0 amide bonds. The zero-order chi connectivity index (χ0) is 14.1. The topological polar surface area (TPSA) is 12.5 Å². The maximum atomic E-state index is 5.56. The Morgan fingerprint density at radius 3 is 2.76 bits per heavy atom. The van der Waals surface area contributed by atoms with Crippen molar-refractivity contribution in [1.29, 1.82) is 0 Å². The summed E-state index contributed by atoms with van der Waals surface area (Å²) in [7, 11) is 0. The quantitative estimate of drug-likeness (QED) is 0.821. The van der Waals surface area contributed by atoms with Gasteiger partial charge in [0.2, 0.25) is 0 Å². The highest BCUT2D eigenvalue weighted by molar-refractivity contribution is 5.22. The molecule has 21 heavy (non-hydrogen) atoms. The predicted octanol–water partition coefficient (Wildman–Crippen LogP) is 3.51. The molecule has 2 nitrogen and oxygen atoms in total. The van der Waals surface area contributed by atoms with Crippen molar-refractivity contribution in [3.63, 3.8) is 0 Å². The van der Waals surface area contributed by atoms with Crippen LogP contribution in [0.2, 0.25) is 0 Å². The van der Waals surface area contributed by atoms with Crippen LogP contribution in [0.5, 0.6) is 0 Å². The summed E-state index contributed by atoms with van der Waals surface area (Å²) in [5, 5.41) is 0. The third kappa shape index (κ3) is 2.43. The molecule has 0 bridgehead atoms. The minimum Gasteiger partial charge on any atom is -0.379 e. The molecule has 3 fully saturated rings. The molecule has 0 aromatic heterocycles. The van der Waals surface area contributed by atoms with Gasteiger partial charge in [0.1, 0.15) is 0 Å². The van der Waals surface area contributed by atoms with E-state index in [0.29, 0.717) is 5.54 Å². The van der Waals surface area contributed by atoms with Gasteiger partial charge >= 0.3 is 0 Å². The van der Waals surface area contributed by atoms with Crippen molar-refractivity contribution in [2.75, 3.05) is 26.3 Å². The number of ether oxygens (including phenoxy) is 1. The fraction of sp³-hybridized carbons (Fsp3) is 0.684. The molecule has 0 spiro atoms. The first-order valence-electron chi connectivity index (χ1n) is 8.78. The van der Waals surface area contributed by atoms with Crippen LogP contribution in [0.3, 0.4) is 0 Å². The van der Waals surface area contributed by atoms with Crippen LogP contribution in [0.25, 0.3) is 0 Å². The number of hydrogen-bond donors (Lipinski definition) is 0. The Labute approximate surface area is 128 Å². The summed E-state index contributed by atoms with van der Waals surface area (Å²) in [4.78, 5) is 2.79. The van der Waals surface area contributed by atoms with Gasteiger partial charge in [0, 0.05) is 18.6 Å². The first-order chi connectivity index (χ1) is 10.4. The molecule has 1 aliphatic heterocycles. The van der Waals surface area contributed by atoms with Gasteiger partial charge in [0.05, 0.1) is 13.2 Å². The van der Waals surface area contributed by atoms with Crippen molar-refractivity contribution in [3.05, 3.63) is 35.9 Å². The van der Waals surface area contributed by atoms with E-state index in [4.69, 9.17) is 4.74 Å². The Kier molecular flexibility index (Phi) is 3.76. The lowest BCUT2D eigenvalue weighted by Gasteiger charge is -2.35. The summed E-state index contributed by atoms with van der Waals surface area (Å²) in [6.45, 7) is 4.24. The van der Waals surface area contributed by atoms with Gasteiger partial charge in [-0.1, -0.05) is 36.8 Å². The highest BCUT2D eigenvalue weighted by Gasteiger charge is 2.68. The van der Waals surface area contributed by atoms with Crippen LogP contribution in [0.1, 0.15) is 37.7 Å². The van der Waals surface area contributed by atoms with Crippen molar-refractivity contribution in [3.8, 4) is 0 Å². The lowest BCUT2D eigenvalue weighted by molar-refractivity contribution is 0.00318. The molecule has 1 aromatic carbocycles. The van der Waals surface area contributed by atoms with Gasteiger partial charge in [0.25, 0.3) is 0 Å². The molecule has 4 rings (SSSR count). The monoisotopic (exact) mass is 285 g/mol. The fourth-order valence-corrected chi connectivity index (χ4v) is 5.24. The van der Waals surface area contributed by atoms with E-state index in [1.54, 1.807) is 0 Å². The second-order valence-electron chi connectivity index (χ2n) is 7.07. The summed E-state index contributed by atoms with van der Waals surface area (Å²) in [6.07, 6.45) is 8.43. The molecule has 2 aliphatic carbocycles. The van der Waals surface area contributed by atoms with E-state index in [9.17, 15) is 0 Å². The van der Waals surface area contributed by atoms with Crippen LogP contribution in [0, 0.1) is 11.8 Å². The van der Waals surface area contributed by atoms with Crippen molar-refractivity contribution in [1.82, 2.24) is 4.90 Å². The first-order valence-corrected chi connectivity index (χ1v) is 8.78. The maximum Gasteiger partial charge on any atom is 0.0594 e. The minimum atomic E-state index is 0.598. The van der Waals surface area contributed by atoms with Gasteiger partial charge < -0.3 is 4.74 Å². The lowest BCUT2D eigenvalue weighted by Crippen LogP contribution is -2.46. The molecule has 3 aliphatic rings. The molecule has 114 valence electrons. The number of aryl methyl sites for hydroxylation is 1. The standard InChI is InChI=1S/C19H27NO/c1-2-6-16(7-3-1)8-4-9-17-18-10-5-11-19(17,18)20-12-14-21-15-13-20/h1-3,6-7,17-18H,4-5,8-15H2/t17-,18+,19-/m1/s1. The normalized spacial score (nSPS) is 35.6. The van der Waals surface area contributed by atoms with Gasteiger partial charge in [0.15, 0.2) is 0 Å². The molecule has 2 saturated carbocycles. The van der Waals surface area contributed by atoms with Crippen molar-refractivity contribution in [2.45, 2.75) is 44.1 Å². The number of rotatable bonds is 5. The summed E-state index contributed by atoms with van der Waals surface area (Å²) in [5.74, 6) is 1.99. The van der Waals surface area contributed by atoms with Gasteiger partial charge in [-0.25, -0.2) is 0 Å². The van der Waals surface area contributed by atoms with Gasteiger partial charge in [-0.15, -0.1) is 0 Å². The number of benzene rings is 1. The van der Waals surface area contributed by atoms with Crippen LogP contribution in [-0.4, -0.2) is 36.7 Å². The van der Waals surface area contributed by atoms with Crippen LogP contribution in [0.15, 0.2) is 30.3 Å². The summed E-state index contributed by atoms with van der Waals surface area (Å²) < 4.78 is 5.56. The molecule has 0 N–H and O–H groups in total. The molecule has 1 saturated heterocycles. The van der Waals surface area contributed by atoms with Crippen LogP contribution >= 0.6 is 0 Å². The third-order valence-electron chi connectivity index (χ3n) is 6.18. The Morgan fingerprint density at radius 2 is 1.95 bits per heavy atom. The van der Waals surface area contributed by atoms with E-state index in [0.717, 1.165) is 25.0 Å². The molecule has 1 heterocycles. The van der Waals surface area contributed by atoms with Crippen LogP contribution in [0.4, 0.5) is 0 Å². The van der Waals surface area contributed by atoms with E-state index in [1.807, 2.05) is 0 Å². The molecule has 2 heteroatoms. The van der Waals surface area contributed by atoms with Crippen LogP contribution < -0.4 is 0 Å². The fourth-order valence-electron chi connectivity index (χ4n) is 5.24. The third-order valence-corrected chi connectivity index (χ3v) is 6.18. The average Bonchev–Trinajstić information content (AvgIpc) is 2.94. The highest BCUT2D eigenvalue weighted by atomic mass is 16.5. The number of fused-ring (bicyclic) bond motifs is 1. The number of nitrogens with zero attached hydrogens (tertiary/aromatic N) is 1. The molecule has 3 atom stereocenters. The van der Waals surface area contributed by atoms with E-state index in [-0.39, 0.29) is 0 Å². The van der Waals surface area contributed by atoms with Gasteiger partial charge in [-0.3, -0.25) is 4.90 Å². The molecule has 1 aromatic rings. The Bertz CT molecular complexity index is 468. The maximum absolute atomic E-state index is 5.56. The number of hydrogen-bond acceptors (Lipinski definition) is 2. The second-order valence-corrected chi connectivity index (χ2v) is 7.07. The average molecular weight is 285 g/mol. The zero-order valence-electron chi connectivity index (χ0n) is 13.0. The van der Waals surface area contributed by atoms with E-state index in [1.165, 1.54) is 57.2 Å². The molecule has 0 radical (unpaired) electrons. The van der Waals surface area contributed by atoms with Gasteiger partial charge in [-0.2, -0.15) is 0 Å². The Balaban J connectivity index is 1.34. The van der Waals surface area contributed by atoms with Crippen molar-refractivity contribution in [2.24, 2.45) is 11.8 Å². The van der Waals surface area contributed by atoms with Crippen molar-refractivity contribution < 1.29 is 4.74 Å². The zero-order valence-corrected chi connectivity index (χ0v) is 13.0. The van der Waals surface area contributed by atoms with Crippen LogP contribution in [-0.2, 0) is 11.2 Å². The Morgan fingerprint density at radius 1 is 1.14 bits per heavy atom.